The summed E-state index contributed by atoms with van der Waals surface area (Å²) in [6.07, 6.45) is 0. The first-order valence-electron chi connectivity index (χ1n) is 6.60. The molecule has 1 atom stereocenters. The number of hydrogen-bond acceptors (Lipinski definition) is 3. The normalized spacial score (nSPS) is 11.9. The van der Waals surface area contributed by atoms with E-state index >= 15 is 0 Å². The summed E-state index contributed by atoms with van der Waals surface area (Å²) >= 11 is 9.79. The smallest absolute Gasteiger partial charge is 0.237 e. The average molecular weight is 393 g/mol. The van der Waals surface area contributed by atoms with Crippen molar-refractivity contribution in [1.82, 2.24) is 4.90 Å². The summed E-state index contributed by atoms with van der Waals surface area (Å²) in [5.74, 6) is -0.739. The van der Waals surface area contributed by atoms with E-state index in [4.69, 9.17) is 12.2 Å². The topological polar surface area (TPSA) is 32.3 Å². The molecule has 0 unspecified atom stereocenters. The summed E-state index contributed by atoms with van der Waals surface area (Å²) in [7, 11) is 0. The van der Waals surface area contributed by atoms with E-state index in [1.807, 2.05) is 18.7 Å². The van der Waals surface area contributed by atoms with Crippen LogP contribution in [-0.2, 0) is 4.79 Å². The predicted molar refractivity (Wildman–Crippen MR) is 95.3 cm³/mol. The molecule has 0 bridgehead atoms. The number of anilines is 1. The van der Waals surface area contributed by atoms with Crippen LogP contribution >= 0.6 is 39.9 Å². The second-order valence-electron chi connectivity index (χ2n) is 4.31. The van der Waals surface area contributed by atoms with Gasteiger partial charge in [-0.15, -0.1) is 0 Å². The minimum absolute atomic E-state index is 0.171. The van der Waals surface area contributed by atoms with E-state index in [2.05, 4.69) is 21.2 Å². The monoisotopic (exact) mass is 392 g/mol. The second kappa shape index (κ2) is 8.70. The lowest BCUT2D eigenvalue weighted by molar-refractivity contribution is -0.115. The second-order valence-corrected chi connectivity index (χ2v) is 7.20. The Morgan fingerprint density at radius 2 is 2.10 bits per heavy atom. The first kappa shape index (κ1) is 18.4. The van der Waals surface area contributed by atoms with Gasteiger partial charge in [0.2, 0.25) is 5.91 Å². The number of nitrogens with one attached hydrogen (secondary N) is 1. The molecule has 0 aliphatic rings. The van der Waals surface area contributed by atoms with Gasteiger partial charge in [0.05, 0.1) is 10.9 Å². The zero-order valence-corrected chi connectivity index (χ0v) is 15.4. The molecule has 1 rings (SSSR count). The first-order chi connectivity index (χ1) is 9.88. The predicted octanol–water partition coefficient (Wildman–Crippen LogP) is 4.28. The maximum absolute atomic E-state index is 13.7. The van der Waals surface area contributed by atoms with Crippen molar-refractivity contribution in [2.75, 3.05) is 18.4 Å². The zero-order valence-electron chi connectivity index (χ0n) is 12.2. The summed E-state index contributed by atoms with van der Waals surface area (Å²) < 4.78 is 15.0. The first-order valence-corrected chi connectivity index (χ1v) is 8.68. The Morgan fingerprint density at radius 1 is 1.48 bits per heavy atom. The molecule has 0 saturated carbocycles. The number of rotatable bonds is 5. The third-order valence-corrected chi connectivity index (χ3v) is 4.93. The van der Waals surface area contributed by atoms with Gasteiger partial charge in [-0.25, -0.2) is 4.39 Å². The maximum atomic E-state index is 13.7. The van der Waals surface area contributed by atoms with Crippen LogP contribution in [0.1, 0.15) is 20.8 Å². The Morgan fingerprint density at radius 3 is 2.62 bits per heavy atom. The van der Waals surface area contributed by atoms with Crippen molar-refractivity contribution in [2.24, 2.45) is 0 Å². The molecule has 21 heavy (non-hydrogen) atoms. The van der Waals surface area contributed by atoms with Crippen molar-refractivity contribution in [3.05, 3.63) is 28.5 Å². The highest BCUT2D eigenvalue weighted by Crippen LogP contribution is 2.22. The van der Waals surface area contributed by atoms with Crippen molar-refractivity contribution >= 4 is 55.8 Å². The Kier molecular flexibility index (Phi) is 7.62. The van der Waals surface area contributed by atoms with E-state index in [-0.39, 0.29) is 16.8 Å². The minimum Gasteiger partial charge on any atom is -0.358 e. The molecule has 0 aromatic heterocycles. The molecule has 116 valence electrons. The highest BCUT2D eigenvalue weighted by molar-refractivity contribution is 9.10. The number of thioether (sulfide) groups is 1. The van der Waals surface area contributed by atoms with Crippen molar-refractivity contribution in [3.8, 4) is 0 Å². The molecule has 0 radical (unpaired) electrons. The Labute approximate surface area is 142 Å². The highest BCUT2D eigenvalue weighted by atomic mass is 79.9. The molecule has 1 amide bonds. The molecule has 0 heterocycles. The number of hydrogen-bond donors (Lipinski definition) is 1. The fourth-order valence-electron chi connectivity index (χ4n) is 1.59. The lowest BCUT2D eigenvalue weighted by Crippen LogP contribution is -2.31. The number of carbonyl (C=O) groups excluding carboxylic acids is 1. The number of benzene rings is 1. The van der Waals surface area contributed by atoms with Crippen molar-refractivity contribution < 1.29 is 9.18 Å². The van der Waals surface area contributed by atoms with Crippen molar-refractivity contribution in [2.45, 2.75) is 26.0 Å². The number of halogens is 2. The average Bonchev–Trinajstić information content (AvgIpc) is 2.43. The fraction of sp³-hybridized carbons (Fsp3) is 0.429. The number of nitrogens with zero attached hydrogens (tertiary/aromatic N) is 1. The number of carbonyl (C=O) groups is 1. The van der Waals surface area contributed by atoms with Crippen LogP contribution < -0.4 is 5.32 Å². The molecule has 7 heteroatoms. The van der Waals surface area contributed by atoms with Crippen LogP contribution in [0.3, 0.4) is 0 Å². The highest BCUT2D eigenvalue weighted by Gasteiger charge is 2.19. The van der Waals surface area contributed by atoms with E-state index in [1.165, 1.54) is 23.9 Å². The van der Waals surface area contributed by atoms with Gasteiger partial charge >= 0.3 is 0 Å². The fourth-order valence-corrected chi connectivity index (χ4v) is 3.49. The lowest BCUT2D eigenvalue weighted by atomic mass is 10.3. The van der Waals surface area contributed by atoms with Gasteiger partial charge in [0.1, 0.15) is 10.1 Å². The van der Waals surface area contributed by atoms with Crippen LogP contribution in [0.25, 0.3) is 0 Å². The Bertz CT molecular complexity index is 524. The summed E-state index contributed by atoms with van der Waals surface area (Å²) in [6.45, 7) is 7.39. The largest absolute Gasteiger partial charge is 0.358 e. The van der Waals surface area contributed by atoms with Gasteiger partial charge in [0.25, 0.3) is 0 Å². The Balaban J connectivity index is 2.64. The standard InChI is InChI=1S/C14H18BrFN2OS2/c1-4-18(5-2)14(20)21-9(3)13(19)17-12-7-6-10(15)8-11(12)16/h6-9H,4-5H2,1-3H3,(H,17,19)/t9-/m1/s1. The van der Waals surface area contributed by atoms with Crippen LogP contribution in [0.2, 0.25) is 0 Å². The summed E-state index contributed by atoms with van der Waals surface area (Å²) in [5, 5.41) is 2.20. The number of amides is 1. The molecular weight excluding hydrogens is 375 g/mol. The molecule has 0 aliphatic heterocycles. The van der Waals surface area contributed by atoms with Gasteiger partial charge in [0, 0.05) is 17.6 Å². The Hall–Kier alpha value is -0.660. The lowest BCUT2D eigenvalue weighted by Gasteiger charge is -2.23. The zero-order chi connectivity index (χ0) is 16.0. The van der Waals surface area contributed by atoms with E-state index in [1.54, 1.807) is 13.0 Å². The van der Waals surface area contributed by atoms with Crippen LogP contribution in [0, 0.1) is 5.82 Å². The van der Waals surface area contributed by atoms with Crippen LogP contribution in [0.15, 0.2) is 22.7 Å². The van der Waals surface area contributed by atoms with E-state index in [0.29, 0.717) is 8.79 Å². The molecule has 0 fully saturated rings. The third-order valence-electron chi connectivity index (χ3n) is 2.86. The molecule has 1 aromatic rings. The number of thiocarbonyl (C=S) groups is 1. The third kappa shape index (κ3) is 5.56. The molecule has 0 aliphatic carbocycles. The van der Waals surface area contributed by atoms with Gasteiger partial charge in [0.15, 0.2) is 0 Å². The molecule has 3 nitrogen and oxygen atoms in total. The van der Waals surface area contributed by atoms with Crippen LogP contribution in [0.4, 0.5) is 10.1 Å². The molecular formula is C14H18BrFN2OS2. The van der Waals surface area contributed by atoms with Crippen molar-refractivity contribution in [1.29, 1.82) is 0 Å². The SMILES string of the molecule is CCN(CC)C(=S)S[C@H](C)C(=O)Nc1ccc(Br)cc1F. The summed E-state index contributed by atoms with van der Waals surface area (Å²) in [6, 6.07) is 4.52. The molecule has 0 spiro atoms. The quantitative estimate of drug-likeness (QED) is 0.758. The van der Waals surface area contributed by atoms with Crippen molar-refractivity contribution in [3.63, 3.8) is 0 Å². The molecule has 1 aromatic carbocycles. The maximum Gasteiger partial charge on any atom is 0.237 e. The van der Waals surface area contributed by atoms with Gasteiger partial charge < -0.3 is 10.2 Å². The van der Waals surface area contributed by atoms with Crippen LogP contribution in [-0.4, -0.2) is 33.5 Å². The van der Waals surface area contributed by atoms with Gasteiger partial charge in [-0.3, -0.25) is 4.79 Å². The van der Waals surface area contributed by atoms with Gasteiger partial charge in [-0.05, 0) is 39.0 Å². The summed E-state index contributed by atoms with van der Waals surface area (Å²) in [4.78, 5) is 14.1. The van der Waals surface area contributed by atoms with E-state index in [0.717, 1.165) is 13.1 Å². The van der Waals surface area contributed by atoms with E-state index in [9.17, 15) is 9.18 Å². The molecule has 1 N–H and O–H groups in total. The summed E-state index contributed by atoms with van der Waals surface area (Å²) in [5.41, 5.74) is 0.171. The molecule has 0 saturated heterocycles. The minimum atomic E-state index is -0.471. The van der Waals surface area contributed by atoms with Gasteiger partial charge in [-0.2, -0.15) is 0 Å². The van der Waals surface area contributed by atoms with Crippen LogP contribution in [0.5, 0.6) is 0 Å². The van der Waals surface area contributed by atoms with Gasteiger partial charge in [-0.1, -0.05) is 39.9 Å². The van der Waals surface area contributed by atoms with E-state index < -0.39 is 5.82 Å².